The van der Waals surface area contributed by atoms with Gasteiger partial charge in [0.05, 0.1) is 11.9 Å². The fourth-order valence-electron chi connectivity index (χ4n) is 1.92. The smallest absolute Gasteiger partial charge is 0.237 e. The van der Waals surface area contributed by atoms with Crippen molar-refractivity contribution in [1.82, 2.24) is 0 Å². The van der Waals surface area contributed by atoms with Gasteiger partial charge in [0.1, 0.15) is 5.75 Å². The molecule has 1 N–H and O–H groups in total. The van der Waals surface area contributed by atoms with E-state index in [1.165, 1.54) is 5.56 Å². The van der Waals surface area contributed by atoms with Crippen LogP contribution >= 0.6 is 11.8 Å². The molecule has 0 fully saturated rings. The lowest BCUT2D eigenvalue weighted by atomic mass is 10.2. The van der Waals surface area contributed by atoms with Gasteiger partial charge in [0.25, 0.3) is 0 Å². The normalized spacial score (nSPS) is 11.8. The fourth-order valence-corrected chi connectivity index (χ4v) is 2.79. The number of thioether (sulfide) groups is 1. The van der Waals surface area contributed by atoms with Crippen LogP contribution in [0.25, 0.3) is 0 Å². The minimum absolute atomic E-state index is 0.00488. The van der Waals surface area contributed by atoms with Crippen LogP contribution in [0.4, 0.5) is 5.69 Å². The number of aryl methyl sites for hydroxylation is 1. The van der Waals surface area contributed by atoms with Gasteiger partial charge in [-0.1, -0.05) is 17.7 Å². The Labute approximate surface area is 136 Å². The average Bonchev–Trinajstić information content (AvgIpc) is 2.51. The molecule has 1 amide bonds. The second kappa shape index (κ2) is 7.90. The van der Waals surface area contributed by atoms with E-state index in [9.17, 15) is 4.79 Å². The largest absolute Gasteiger partial charge is 0.494 e. The number of hydrogen-bond acceptors (Lipinski definition) is 3. The van der Waals surface area contributed by atoms with Gasteiger partial charge < -0.3 is 10.1 Å². The number of hydrogen-bond donors (Lipinski definition) is 1. The van der Waals surface area contributed by atoms with E-state index in [-0.39, 0.29) is 11.2 Å². The van der Waals surface area contributed by atoms with Crippen molar-refractivity contribution < 1.29 is 9.53 Å². The number of nitrogens with one attached hydrogen (secondary N) is 1. The fraction of sp³-hybridized carbons (Fsp3) is 0.278. The van der Waals surface area contributed by atoms with Gasteiger partial charge in [-0.2, -0.15) is 0 Å². The average molecular weight is 315 g/mol. The number of amides is 1. The van der Waals surface area contributed by atoms with Crippen LogP contribution < -0.4 is 10.1 Å². The molecule has 0 bridgehead atoms. The number of ether oxygens (including phenoxy) is 1. The van der Waals surface area contributed by atoms with Crippen LogP contribution in [0.1, 0.15) is 19.4 Å². The predicted octanol–water partition coefficient (Wildman–Crippen LogP) is 4.51. The van der Waals surface area contributed by atoms with E-state index in [0.29, 0.717) is 6.61 Å². The zero-order valence-electron chi connectivity index (χ0n) is 13.1. The van der Waals surface area contributed by atoms with Gasteiger partial charge in [-0.25, -0.2) is 0 Å². The molecule has 0 aliphatic carbocycles. The van der Waals surface area contributed by atoms with Crippen molar-refractivity contribution in [3.8, 4) is 5.75 Å². The monoisotopic (exact) mass is 315 g/mol. The minimum Gasteiger partial charge on any atom is -0.494 e. The van der Waals surface area contributed by atoms with Crippen molar-refractivity contribution in [3.63, 3.8) is 0 Å². The van der Waals surface area contributed by atoms with E-state index in [1.807, 2.05) is 50.2 Å². The highest BCUT2D eigenvalue weighted by molar-refractivity contribution is 8.00. The Hall–Kier alpha value is -1.94. The zero-order valence-corrected chi connectivity index (χ0v) is 13.9. The highest BCUT2D eigenvalue weighted by Gasteiger charge is 2.14. The van der Waals surface area contributed by atoms with Crippen molar-refractivity contribution in [2.24, 2.45) is 0 Å². The summed E-state index contributed by atoms with van der Waals surface area (Å²) in [7, 11) is 0. The second-order valence-electron chi connectivity index (χ2n) is 5.02. The van der Waals surface area contributed by atoms with Crippen molar-refractivity contribution in [2.75, 3.05) is 11.9 Å². The first-order chi connectivity index (χ1) is 10.6. The van der Waals surface area contributed by atoms with E-state index in [1.54, 1.807) is 11.8 Å². The summed E-state index contributed by atoms with van der Waals surface area (Å²) < 4.78 is 5.39. The van der Waals surface area contributed by atoms with Gasteiger partial charge in [-0.15, -0.1) is 11.8 Å². The highest BCUT2D eigenvalue weighted by Crippen LogP contribution is 2.24. The summed E-state index contributed by atoms with van der Waals surface area (Å²) >= 11 is 1.55. The molecule has 0 aromatic heterocycles. The molecule has 0 spiro atoms. The standard InChI is InChI=1S/C18H21NO2S/c1-4-21-16-9-7-15(8-10-16)19-18(20)14(3)22-17-11-5-13(2)6-12-17/h5-12,14H,4H2,1-3H3,(H,19,20)/t14-/m0/s1. The molecule has 116 valence electrons. The third-order valence-corrected chi connectivity index (χ3v) is 4.25. The van der Waals surface area contributed by atoms with Gasteiger partial charge in [0, 0.05) is 10.6 Å². The van der Waals surface area contributed by atoms with Gasteiger partial charge in [0.15, 0.2) is 0 Å². The Morgan fingerprint density at radius 1 is 1.14 bits per heavy atom. The van der Waals surface area contributed by atoms with Crippen LogP contribution in [0.15, 0.2) is 53.4 Å². The molecule has 0 heterocycles. The Morgan fingerprint density at radius 3 is 2.36 bits per heavy atom. The van der Waals surface area contributed by atoms with Gasteiger partial charge in [-0.05, 0) is 57.2 Å². The summed E-state index contributed by atoms with van der Waals surface area (Å²) in [6.45, 7) is 6.54. The summed E-state index contributed by atoms with van der Waals surface area (Å²) in [4.78, 5) is 13.3. The first kappa shape index (κ1) is 16.4. The third kappa shape index (κ3) is 4.81. The lowest BCUT2D eigenvalue weighted by Gasteiger charge is -2.12. The zero-order chi connectivity index (χ0) is 15.9. The Balaban J connectivity index is 1.91. The summed E-state index contributed by atoms with van der Waals surface area (Å²) in [6, 6.07) is 15.6. The van der Waals surface area contributed by atoms with E-state index < -0.39 is 0 Å². The maximum atomic E-state index is 12.2. The van der Waals surface area contributed by atoms with Crippen LogP contribution in [0, 0.1) is 6.92 Å². The summed E-state index contributed by atoms with van der Waals surface area (Å²) in [5, 5.41) is 2.77. The molecule has 2 aromatic carbocycles. The van der Waals surface area contributed by atoms with Crippen LogP contribution in [-0.2, 0) is 4.79 Å². The van der Waals surface area contributed by atoms with Crippen molar-refractivity contribution in [2.45, 2.75) is 30.9 Å². The molecule has 0 aliphatic rings. The lowest BCUT2D eigenvalue weighted by molar-refractivity contribution is -0.115. The molecule has 0 aliphatic heterocycles. The molecular weight excluding hydrogens is 294 g/mol. The molecule has 0 saturated heterocycles. The van der Waals surface area contributed by atoms with Gasteiger partial charge in [-0.3, -0.25) is 4.79 Å². The molecule has 22 heavy (non-hydrogen) atoms. The quantitative estimate of drug-likeness (QED) is 0.797. The number of rotatable bonds is 6. The van der Waals surface area contributed by atoms with Crippen molar-refractivity contribution in [3.05, 3.63) is 54.1 Å². The van der Waals surface area contributed by atoms with E-state index >= 15 is 0 Å². The highest BCUT2D eigenvalue weighted by atomic mass is 32.2. The molecule has 0 radical (unpaired) electrons. The van der Waals surface area contributed by atoms with Crippen molar-refractivity contribution in [1.29, 1.82) is 0 Å². The molecular formula is C18H21NO2S. The van der Waals surface area contributed by atoms with Crippen LogP contribution in [0.3, 0.4) is 0 Å². The SMILES string of the molecule is CCOc1ccc(NC(=O)[C@H](C)Sc2ccc(C)cc2)cc1. The van der Waals surface area contributed by atoms with E-state index in [4.69, 9.17) is 4.74 Å². The maximum absolute atomic E-state index is 12.2. The predicted molar refractivity (Wildman–Crippen MR) is 92.7 cm³/mol. The molecule has 1 atom stereocenters. The van der Waals surface area contributed by atoms with Crippen molar-refractivity contribution >= 4 is 23.4 Å². The summed E-state index contributed by atoms with van der Waals surface area (Å²) in [5.74, 6) is 0.803. The van der Waals surface area contributed by atoms with Gasteiger partial charge >= 0.3 is 0 Å². The molecule has 2 rings (SSSR count). The topological polar surface area (TPSA) is 38.3 Å². The van der Waals surface area contributed by atoms with Crippen LogP contribution in [-0.4, -0.2) is 17.8 Å². The first-order valence-electron chi connectivity index (χ1n) is 7.35. The Morgan fingerprint density at radius 2 is 1.77 bits per heavy atom. The van der Waals surface area contributed by atoms with E-state index in [2.05, 4.69) is 24.4 Å². The number of carbonyl (C=O) groups excluding carboxylic acids is 1. The number of carbonyl (C=O) groups is 1. The Bertz CT molecular complexity index is 608. The molecule has 2 aromatic rings. The van der Waals surface area contributed by atoms with Crippen LogP contribution in [0.5, 0.6) is 5.75 Å². The lowest BCUT2D eigenvalue weighted by Crippen LogP contribution is -2.22. The van der Waals surface area contributed by atoms with Gasteiger partial charge in [0.2, 0.25) is 5.91 Å². The van der Waals surface area contributed by atoms with E-state index in [0.717, 1.165) is 16.3 Å². The number of anilines is 1. The molecule has 0 saturated carbocycles. The second-order valence-corrected chi connectivity index (χ2v) is 6.43. The molecule has 0 unspecified atom stereocenters. The number of benzene rings is 2. The molecule has 3 nitrogen and oxygen atoms in total. The van der Waals surface area contributed by atoms with Crippen LogP contribution in [0.2, 0.25) is 0 Å². The molecule has 4 heteroatoms. The maximum Gasteiger partial charge on any atom is 0.237 e. The first-order valence-corrected chi connectivity index (χ1v) is 8.23. The summed E-state index contributed by atoms with van der Waals surface area (Å²) in [5.41, 5.74) is 2.00. The third-order valence-electron chi connectivity index (χ3n) is 3.14. The minimum atomic E-state index is -0.158. The Kier molecular flexibility index (Phi) is 5.90. The summed E-state index contributed by atoms with van der Waals surface area (Å²) in [6.07, 6.45) is 0.